The summed E-state index contributed by atoms with van der Waals surface area (Å²) in [7, 11) is -1.36. The molecule has 2 rings (SSSR count). The maximum Gasteiger partial charge on any atom is 0.243 e. The summed E-state index contributed by atoms with van der Waals surface area (Å²) in [6, 6.07) is 7.43. The Kier molecular flexibility index (Phi) is 5.37. The van der Waals surface area contributed by atoms with Crippen LogP contribution in [0.15, 0.2) is 29.2 Å². The molecule has 1 aliphatic rings. The monoisotopic (exact) mass is 311 g/mol. The topological polar surface area (TPSA) is 52.7 Å². The van der Waals surface area contributed by atoms with Crippen LogP contribution in [0.4, 0.5) is 0 Å². The fourth-order valence-corrected chi connectivity index (χ4v) is 4.02. The van der Waals surface area contributed by atoms with Crippen LogP contribution in [0.25, 0.3) is 0 Å². The average molecular weight is 311 g/mol. The zero-order valence-electron chi connectivity index (χ0n) is 13.0. The number of hydrogen-bond acceptors (Lipinski definition) is 4. The van der Waals surface area contributed by atoms with E-state index in [-0.39, 0.29) is 6.04 Å². The number of hydrogen-bond donors (Lipinski definition) is 1. The molecule has 0 aliphatic carbocycles. The molecule has 0 saturated carbocycles. The van der Waals surface area contributed by atoms with Crippen LogP contribution in [0, 0.1) is 0 Å². The predicted octanol–water partition coefficient (Wildman–Crippen LogP) is 1.29. The molecule has 0 aromatic heterocycles. The van der Waals surface area contributed by atoms with Gasteiger partial charge in [-0.1, -0.05) is 19.1 Å². The maximum atomic E-state index is 12.7. The minimum absolute atomic E-state index is 0.151. The molecular weight excluding hydrogens is 286 g/mol. The van der Waals surface area contributed by atoms with Crippen molar-refractivity contribution in [3.8, 4) is 0 Å². The van der Waals surface area contributed by atoms with Crippen LogP contribution in [-0.4, -0.2) is 57.4 Å². The third-order valence-corrected chi connectivity index (χ3v) is 5.86. The zero-order chi connectivity index (χ0) is 15.5. The van der Waals surface area contributed by atoms with E-state index in [1.807, 2.05) is 33.0 Å². The van der Waals surface area contributed by atoms with E-state index in [0.717, 1.165) is 25.2 Å². The summed E-state index contributed by atoms with van der Waals surface area (Å²) in [5.74, 6) is 0. The highest BCUT2D eigenvalue weighted by Crippen LogP contribution is 2.21. The Morgan fingerprint density at radius 3 is 2.52 bits per heavy atom. The lowest BCUT2D eigenvalue weighted by Crippen LogP contribution is -2.47. The molecule has 21 heavy (non-hydrogen) atoms. The van der Waals surface area contributed by atoms with Gasteiger partial charge < -0.3 is 10.2 Å². The molecule has 1 unspecified atom stereocenters. The van der Waals surface area contributed by atoms with Crippen molar-refractivity contribution in [3.63, 3.8) is 0 Å². The van der Waals surface area contributed by atoms with Gasteiger partial charge in [0, 0.05) is 32.2 Å². The molecule has 1 N–H and O–H groups in total. The minimum Gasteiger partial charge on any atom is -0.310 e. The van der Waals surface area contributed by atoms with E-state index >= 15 is 0 Å². The molecule has 1 aliphatic heterocycles. The lowest BCUT2D eigenvalue weighted by molar-refractivity contribution is 0.222. The lowest BCUT2D eigenvalue weighted by atomic mass is 10.1. The fraction of sp³-hybridized carbons (Fsp3) is 0.600. The Hall–Kier alpha value is -0.950. The Balaban J connectivity index is 2.22. The average Bonchev–Trinajstić information content (AvgIpc) is 2.48. The van der Waals surface area contributed by atoms with Crippen LogP contribution in [0.2, 0.25) is 0 Å². The first-order chi connectivity index (χ1) is 9.95. The molecule has 1 fully saturated rings. The van der Waals surface area contributed by atoms with Crippen molar-refractivity contribution in [2.45, 2.75) is 24.8 Å². The van der Waals surface area contributed by atoms with E-state index in [1.54, 1.807) is 16.4 Å². The number of nitrogens with zero attached hydrogens (tertiary/aromatic N) is 2. The number of rotatable bonds is 5. The van der Waals surface area contributed by atoms with Gasteiger partial charge in [0.1, 0.15) is 0 Å². The molecule has 1 heterocycles. The molecule has 6 heteroatoms. The second-order valence-corrected chi connectivity index (χ2v) is 7.50. The number of nitrogens with one attached hydrogen (secondary N) is 1. The van der Waals surface area contributed by atoms with Gasteiger partial charge >= 0.3 is 0 Å². The van der Waals surface area contributed by atoms with Crippen molar-refractivity contribution in [1.82, 2.24) is 14.5 Å². The fourth-order valence-electron chi connectivity index (χ4n) is 2.55. The maximum absolute atomic E-state index is 12.7. The summed E-state index contributed by atoms with van der Waals surface area (Å²) in [5, 5.41) is 3.31. The van der Waals surface area contributed by atoms with Gasteiger partial charge in [0.05, 0.1) is 4.90 Å². The van der Waals surface area contributed by atoms with Crippen LogP contribution in [0.3, 0.4) is 0 Å². The normalized spacial score (nSPS) is 19.6. The molecule has 0 amide bonds. The number of piperazine rings is 1. The largest absolute Gasteiger partial charge is 0.310 e. The molecule has 1 atom stereocenters. The van der Waals surface area contributed by atoms with Gasteiger partial charge in [-0.25, -0.2) is 8.42 Å². The van der Waals surface area contributed by atoms with Crippen molar-refractivity contribution in [1.29, 1.82) is 0 Å². The van der Waals surface area contributed by atoms with Gasteiger partial charge in [-0.2, -0.15) is 4.31 Å². The predicted molar refractivity (Wildman–Crippen MR) is 84.8 cm³/mol. The molecule has 0 bridgehead atoms. The Morgan fingerprint density at radius 2 is 1.90 bits per heavy atom. The molecule has 1 saturated heterocycles. The van der Waals surface area contributed by atoms with E-state index < -0.39 is 10.0 Å². The van der Waals surface area contributed by atoms with Crippen molar-refractivity contribution < 1.29 is 8.42 Å². The van der Waals surface area contributed by atoms with E-state index in [4.69, 9.17) is 0 Å². The first-order valence-corrected chi connectivity index (χ1v) is 8.91. The van der Waals surface area contributed by atoms with Crippen molar-refractivity contribution >= 4 is 10.0 Å². The van der Waals surface area contributed by atoms with Gasteiger partial charge in [-0.3, -0.25) is 0 Å². The Labute approximate surface area is 128 Å². The summed E-state index contributed by atoms with van der Waals surface area (Å²) < 4.78 is 27.0. The van der Waals surface area contributed by atoms with Gasteiger partial charge in [-0.15, -0.1) is 0 Å². The van der Waals surface area contributed by atoms with Crippen LogP contribution in [0.5, 0.6) is 0 Å². The Bertz CT molecular complexity index is 566. The lowest BCUT2D eigenvalue weighted by Gasteiger charge is -2.31. The van der Waals surface area contributed by atoms with Gasteiger partial charge in [0.25, 0.3) is 0 Å². The summed E-state index contributed by atoms with van der Waals surface area (Å²) in [6.07, 6.45) is 0. The van der Waals surface area contributed by atoms with Crippen LogP contribution >= 0.6 is 0 Å². The van der Waals surface area contributed by atoms with Gasteiger partial charge in [0.2, 0.25) is 10.0 Å². The van der Waals surface area contributed by atoms with Crippen LogP contribution in [0.1, 0.15) is 25.5 Å². The van der Waals surface area contributed by atoms with Crippen LogP contribution in [-0.2, 0) is 10.0 Å². The minimum atomic E-state index is -3.38. The molecule has 0 radical (unpaired) electrons. The van der Waals surface area contributed by atoms with Gasteiger partial charge in [-0.05, 0) is 38.2 Å². The number of benzene rings is 1. The molecule has 1 aromatic carbocycles. The molecule has 118 valence electrons. The van der Waals surface area contributed by atoms with E-state index in [1.165, 1.54) is 0 Å². The van der Waals surface area contributed by atoms with Gasteiger partial charge in [0.15, 0.2) is 0 Å². The smallest absolute Gasteiger partial charge is 0.243 e. The highest BCUT2D eigenvalue weighted by Gasteiger charge is 2.27. The summed E-state index contributed by atoms with van der Waals surface area (Å²) in [4.78, 5) is 2.55. The molecule has 5 nitrogen and oxygen atoms in total. The first-order valence-electron chi connectivity index (χ1n) is 7.47. The van der Waals surface area contributed by atoms with E-state index in [2.05, 4.69) is 10.2 Å². The van der Waals surface area contributed by atoms with E-state index in [0.29, 0.717) is 18.0 Å². The molecule has 1 aromatic rings. The van der Waals surface area contributed by atoms with Crippen molar-refractivity contribution in [3.05, 3.63) is 29.8 Å². The summed E-state index contributed by atoms with van der Waals surface area (Å²) in [5.41, 5.74) is 1.01. The standard InChI is InChI=1S/C15H25N3O2S/c1-4-16-13(2)14-6-5-7-15(12-14)21(19,20)18-10-8-17(3)9-11-18/h5-7,12-13,16H,4,8-11H2,1-3H3. The second kappa shape index (κ2) is 6.87. The number of likely N-dealkylation sites (N-methyl/N-ethyl adjacent to an activating group) is 1. The van der Waals surface area contributed by atoms with E-state index in [9.17, 15) is 8.42 Å². The quantitative estimate of drug-likeness (QED) is 0.890. The third kappa shape index (κ3) is 3.83. The zero-order valence-corrected chi connectivity index (χ0v) is 13.9. The highest BCUT2D eigenvalue weighted by molar-refractivity contribution is 7.89. The highest BCUT2D eigenvalue weighted by atomic mass is 32.2. The van der Waals surface area contributed by atoms with Crippen molar-refractivity contribution in [2.24, 2.45) is 0 Å². The molecule has 0 spiro atoms. The summed E-state index contributed by atoms with van der Waals surface area (Å²) >= 11 is 0. The number of sulfonamides is 1. The first kappa shape index (κ1) is 16.4. The summed E-state index contributed by atoms with van der Waals surface area (Å²) in [6.45, 7) is 7.64. The Morgan fingerprint density at radius 1 is 1.24 bits per heavy atom. The SMILES string of the molecule is CCNC(C)c1cccc(S(=O)(=O)N2CCN(C)CC2)c1. The van der Waals surface area contributed by atoms with Crippen molar-refractivity contribution in [2.75, 3.05) is 39.8 Å². The third-order valence-electron chi connectivity index (χ3n) is 3.97. The van der Waals surface area contributed by atoms with Crippen LogP contribution < -0.4 is 5.32 Å². The second-order valence-electron chi connectivity index (χ2n) is 5.56. The molecular formula is C15H25N3O2S.